The summed E-state index contributed by atoms with van der Waals surface area (Å²) in [4.78, 5) is 33.5. The Bertz CT molecular complexity index is 1070. The fraction of sp³-hybridized carbons (Fsp3) is 0.381. The smallest absolute Gasteiger partial charge is 0.261 e. The number of amides is 1. The van der Waals surface area contributed by atoms with Crippen molar-refractivity contribution >= 4 is 28.4 Å². The molecule has 0 aliphatic carbocycles. The van der Waals surface area contributed by atoms with E-state index in [9.17, 15) is 9.59 Å². The van der Waals surface area contributed by atoms with Crippen molar-refractivity contribution in [3.63, 3.8) is 0 Å². The lowest BCUT2D eigenvalue weighted by Crippen LogP contribution is -2.49. The van der Waals surface area contributed by atoms with Crippen LogP contribution in [0.25, 0.3) is 10.9 Å². The molecule has 0 spiro atoms. The fourth-order valence-corrected chi connectivity index (χ4v) is 3.59. The van der Waals surface area contributed by atoms with Crippen LogP contribution in [0.1, 0.15) is 13.3 Å². The molecule has 0 radical (unpaired) electrons. The molecule has 3 heterocycles. The maximum absolute atomic E-state index is 12.6. The second kappa shape index (κ2) is 8.89. The largest absolute Gasteiger partial charge is 0.369 e. The molecule has 0 saturated carbocycles. The first-order valence-corrected chi connectivity index (χ1v) is 10.2. The van der Waals surface area contributed by atoms with Crippen molar-refractivity contribution in [1.29, 1.82) is 0 Å². The highest BCUT2D eigenvalue weighted by atomic mass is 16.2. The number of piperazine rings is 1. The predicted molar refractivity (Wildman–Crippen MR) is 116 cm³/mol. The van der Waals surface area contributed by atoms with Gasteiger partial charge in [0.1, 0.15) is 5.82 Å². The number of para-hydroxylation sites is 1. The van der Waals surface area contributed by atoms with Gasteiger partial charge in [-0.15, -0.1) is 10.2 Å². The number of aromatic nitrogens is 4. The summed E-state index contributed by atoms with van der Waals surface area (Å²) in [5.74, 6) is 1.62. The maximum Gasteiger partial charge on any atom is 0.261 e. The molecule has 4 rings (SSSR count). The molecule has 30 heavy (non-hydrogen) atoms. The standard InChI is InChI=1S/C21H25N7O2/c1-2-22-18-7-8-19(25-24-18)26-11-13-27(14-12-26)20(29)9-10-28-15-23-17-6-4-3-5-16(17)21(28)30/h3-8,15H,2,9-14H2,1H3,(H,22,24). The van der Waals surface area contributed by atoms with Crippen LogP contribution >= 0.6 is 0 Å². The zero-order valence-electron chi connectivity index (χ0n) is 17.0. The van der Waals surface area contributed by atoms with Crippen LogP contribution in [0, 0.1) is 0 Å². The van der Waals surface area contributed by atoms with Crippen LogP contribution in [0.3, 0.4) is 0 Å². The van der Waals surface area contributed by atoms with E-state index in [2.05, 4.69) is 25.4 Å². The maximum atomic E-state index is 12.6. The van der Waals surface area contributed by atoms with Crippen LogP contribution in [-0.4, -0.2) is 63.3 Å². The van der Waals surface area contributed by atoms with Crippen molar-refractivity contribution in [3.05, 3.63) is 53.1 Å². The molecular weight excluding hydrogens is 382 g/mol. The molecular formula is C21H25N7O2. The molecule has 1 saturated heterocycles. The van der Waals surface area contributed by atoms with E-state index < -0.39 is 0 Å². The molecule has 9 nitrogen and oxygen atoms in total. The van der Waals surface area contributed by atoms with Gasteiger partial charge in [-0.2, -0.15) is 0 Å². The number of hydrogen-bond donors (Lipinski definition) is 1. The Morgan fingerprint density at radius 3 is 2.60 bits per heavy atom. The molecule has 1 N–H and O–H groups in total. The molecule has 1 fully saturated rings. The third-order valence-electron chi connectivity index (χ3n) is 5.26. The van der Waals surface area contributed by atoms with E-state index >= 15 is 0 Å². The number of aryl methyl sites for hydroxylation is 1. The molecule has 0 atom stereocenters. The summed E-state index contributed by atoms with van der Waals surface area (Å²) >= 11 is 0. The SMILES string of the molecule is CCNc1ccc(N2CCN(C(=O)CCn3cnc4ccccc4c3=O)CC2)nn1. The first-order valence-electron chi connectivity index (χ1n) is 10.2. The second-order valence-corrected chi connectivity index (χ2v) is 7.19. The summed E-state index contributed by atoms with van der Waals surface area (Å²) in [5.41, 5.74) is 0.556. The zero-order valence-corrected chi connectivity index (χ0v) is 17.0. The van der Waals surface area contributed by atoms with E-state index in [4.69, 9.17) is 0 Å². The number of carbonyl (C=O) groups excluding carboxylic acids is 1. The molecule has 1 aliphatic heterocycles. The Kier molecular flexibility index (Phi) is 5.87. The Morgan fingerprint density at radius 1 is 1.07 bits per heavy atom. The average Bonchev–Trinajstić information content (AvgIpc) is 2.79. The molecule has 1 aromatic carbocycles. The number of fused-ring (bicyclic) bond motifs is 1. The minimum Gasteiger partial charge on any atom is -0.369 e. The number of anilines is 2. The van der Waals surface area contributed by atoms with Gasteiger partial charge in [-0.3, -0.25) is 14.2 Å². The van der Waals surface area contributed by atoms with Gasteiger partial charge < -0.3 is 15.1 Å². The van der Waals surface area contributed by atoms with Gasteiger partial charge in [0.15, 0.2) is 5.82 Å². The van der Waals surface area contributed by atoms with Crippen molar-refractivity contribution in [3.8, 4) is 0 Å². The Labute approximate surface area is 174 Å². The van der Waals surface area contributed by atoms with E-state index in [1.165, 1.54) is 10.9 Å². The van der Waals surface area contributed by atoms with Crippen molar-refractivity contribution in [2.75, 3.05) is 42.9 Å². The van der Waals surface area contributed by atoms with Crippen LogP contribution in [0.4, 0.5) is 11.6 Å². The Morgan fingerprint density at radius 2 is 1.87 bits per heavy atom. The monoisotopic (exact) mass is 407 g/mol. The van der Waals surface area contributed by atoms with Crippen molar-refractivity contribution < 1.29 is 4.79 Å². The molecule has 1 aliphatic rings. The number of nitrogens with zero attached hydrogens (tertiary/aromatic N) is 6. The lowest BCUT2D eigenvalue weighted by molar-refractivity contribution is -0.131. The van der Waals surface area contributed by atoms with Gasteiger partial charge in [0, 0.05) is 45.7 Å². The lowest BCUT2D eigenvalue weighted by Gasteiger charge is -2.35. The Hall–Kier alpha value is -3.49. The lowest BCUT2D eigenvalue weighted by atomic mass is 10.2. The summed E-state index contributed by atoms with van der Waals surface area (Å²) in [6.07, 6.45) is 1.79. The van der Waals surface area contributed by atoms with E-state index in [0.717, 1.165) is 18.2 Å². The van der Waals surface area contributed by atoms with Crippen LogP contribution in [-0.2, 0) is 11.3 Å². The summed E-state index contributed by atoms with van der Waals surface area (Å²) in [6, 6.07) is 11.1. The third kappa shape index (κ3) is 4.24. The van der Waals surface area contributed by atoms with E-state index in [1.54, 1.807) is 6.07 Å². The van der Waals surface area contributed by atoms with E-state index in [0.29, 0.717) is 43.6 Å². The summed E-state index contributed by atoms with van der Waals surface area (Å²) in [5, 5.41) is 12.1. The van der Waals surface area contributed by atoms with E-state index in [-0.39, 0.29) is 17.9 Å². The molecule has 1 amide bonds. The number of nitrogens with one attached hydrogen (secondary N) is 1. The van der Waals surface area contributed by atoms with Crippen LogP contribution < -0.4 is 15.8 Å². The van der Waals surface area contributed by atoms with Gasteiger partial charge in [-0.05, 0) is 31.2 Å². The highest BCUT2D eigenvalue weighted by molar-refractivity contribution is 5.77. The van der Waals surface area contributed by atoms with Crippen molar-refractivity contribution in [1.82, 2.24) is 24.6 Å². The first kappa shape index (κ1) is 19.8. The highest BCUT2D eigenvalue weighted by Crippen LogP contribution is 2.15. The minimum atomic E-state index is -0.113. The summed E-state index contributed by atoms with van der Waals surface area (Å²) < 4.78 is 1.51. The second-order valence-electron chi connectivity index (χ2n) is 7.19. The average molecular weight is 407 g/mol. The number of hydrogen-bond acceptors (Lipinski definition) is 7. The Balaban J connectivity index is 1.31. The van der Waals surface area contributed by atoms with Gasteiger partial charge in [0.2, 0.25) is 5.91 Å². The molecule has 0 unspecified atom stereocenters. The first-order chi connectivity index (χ1) is 14.7. The number of rotatable bonds is 6. The van der Waals surface area contributed by atoms with Gasteiger partial charge in [-0.1, -0.05) is 12.1 Å². The topological polar surface area (TPSA) is 96.2 Å². The molecule has 9 heteroatoms. The van der Waals surface area contributed by atoms with Crippen molar-refractivity contribution in [2.24, 2.45) is 0 Å². The zero-order chi connectivity index (χ0) is 20.9. The van der Waals surface area contributed by atoms with Gasteiger partial charge in [0.05, 0.1) is 17.2 Å². The van der Waals surface area contributed by atoms with Gasteiger partial charge in [-0.25, -0.2) is 4.98 Å². The number of benzene rings is 1. The van der Waals surface area contributed by atoms with Crippen molar-refractivity contribution in [2.45, 2.75) is 19.9 Å². The quantitative estimate of drug-likeness (QED) is 0.659. The van der Waals surface area contributed by atoms with Gasteiger partial charge >= 0.3 is 0 Å². The highest BCUT2D eigenvalue weighted by Gasteiger charge is 2.22. The van der Waals surface area contributed by atoms with Gasteiger partial charge in [0.25, 0.3) is 5.56 Å². The third-order valence-corrected chi connectivity index (χ3v) is 5.26. The van der Waals surface area contributed by atoms with Crippen LogP contribution in [0.15, 0.2) is 47.5 Å². The van der Waals surface area contributed by atoms with E-state index in [1.807, 2.05) is 42.2 Å². The van der Waals surface area contributed by atoms with Crippen LogP contribution in [0.2, 0.25) is 0 Å². The molecule has 0 bridgehead atoms. The molecule has 156 valence electrons. The predicted octanol–water partition coefficient (Wildman–Crippen LogP) is 1.36. The fourth-order valence-electron chi connectivity index (χ4n) is 3.59. The molecule has 3 aromatic rings. The molecule has 2 aromatic heterocycles. The minimum absolute atomic E-state index is 0.0447. The summed E-state index contributed by atoms with van der Waals surface area (Å²) in [7, 11) is 0. The number of carbonyl (C=O) groups is 1. The van der Waals surface area contributed by atoms with Crippen LogP contribution in [0.5, 0.6) is 0 Å². The summed E-state index contributed by atoms with van der Waals surface area (Å²) in [6.45, 7) is 5.81. The normalized spacial score (nSPS) is 14.2.